The van der Waals surface area contributed by atoms with Gasteiger partial charge in [-0.2, -0.15) is 0 Å². The van der Waals surface area contributed by atoms with E-state index in [0.717, 1.165) is 0 Å². The average molecular weight is 713 g/mol. The number of hydrogen-bond acceptors (Lipinski definition) is 10. The Morgan fingerprint density at radius 3 is 1.30 bits per heavy atom. The molecule has 0 atom stereocenters. The summed E-state index contributed by atoms with van der Waals surface area (Å²) in [6.07, 6.45) is 0. The van der Waals surface area contributed by atoms with Gasteiger partial charge in [0.15, 0.2) is 11.3 Å². The minimum Gasteiger partial charge on any atom is -0.419 e. The molecule has 0 saturated heterocycles. The molecule has 0 radical (unpaired) electrons. The summed E-state index contributed by atoms with van der Waals surface area (Å²) in [5.74, 6) is -0.595. The summed E-state index contributed by atoms with van der Waals surface area (Å²) in [5, 5.41) is 0.440. The van der Waals surface area contributed by atoms with Gasteiger partial charge in [0.1, 0.15) is 0 Å². The first-order valence-electron chi connectivity index (χ1n) is 15.7. The van der Waals surface area contributed by atoms with Crippen LogP contribution in [0.1, 0.15) is 27.8 Å². The van der Waals surface area contributed by atoms with E-state index in [2.05, 4.69) is 0 Å². The summed E-state index contributed by atoms with van der Waals surface area (Å²) in [4.78, 5) is 12.7. The molecule has 0 saturated carbocycles. The lowest BCUT2D eigenvalue weighted by Gasteiger charge is -2.23. The van der Waals surface area contributed by atoms with Crippen LogP contribution in [-0.4, -0.2) is 0 Å². The molecule has 6 aromatic rings. The second-order valence-electron chi connectivity index (χ2n) is 11.1. The van der Waals surface area contributed by atoms with Crippen LogP contribution in [0.25, 0.3) is 11.0 Å². The van der Waals surface area contributed by atoms with Gasteiger partial charge in [0.05, 0.1) is 26.4 Å². The van der Waals surface area contributed by atoms with E-state index in [9.17, 15) is 13.9 Å². The van der Waals surface area contributed by atoms with Crippen LogP contribution in [0.15, 0.2) is 149 Å². The van der Waals surface area contributed by atoms with Gasteiger partial charge in [-0.15, -0.1) is 0 Å². The van der Waals surface area contributed by atoms with Gasteiger partial charge in [0.25, 0.3) is 0 Å². The fourth-order valence-electron chi connectivity index (χ4n) is 4.82. The lowest BCUT2D eigenvalue weighted by Crippen LogP contribution is -2.08. The molecule has 1 heterocycles. The van der Waals surface area contributed by atoms with Crippen molar-refractivity contribution in [1.82, 2.24) is 0 Å². The third-order valence-electron chi connectivity index (χ3n) is 7.38. The minimum atomic E-state index is -4.54. The Kier molecular flexibility index (Phi) is 11.4. The van der Waals surface area contributed by atoms with Crippen LogP contribution < -0.4 is 14.7 Å². The van der Waals surface area contributed by atoms with Crippen LogP contribution in [0.2, 0.25) is 0 Å². The highest BCUT2D eigenvalue weighted by atomic mass is 31.2. The zero-order chi connectivity index (χ0) is 34.8. The quantitative estimate of drug-likeness (QED) is 0.0708. The molecule has 0 spiro atoms. The van der Waals surface area contributed by atoms with Crippen LogP contribution >= 0.6 is 15.6 Å². The van der Waals surface area contributed by atoms with Crippen molar-refractivity contribution in [1.29, 1.82) is 0 Å². The molecule has 0 amide bonds. The first kappa shape index (κ1) is 35.1. The van der Waals surface area contributed by atoms with Gasteiger partial charge < -0.3 is 13.5 Å². The van der Waals surface area contributed by atoms with E-state index in [1.807, 2.05) is 72.8 Å². The van der Waals surface area contributed by atoms with Gasteiger partial charge in [0.2, 0.25) is 5.75 Å². The Bertz CT molecular complexity index is 2060. The number of fused-ring (bicyclic) bond motifs is 1. The van der Waals surface area contributed by atoms with Crippen LogP contribution in [0.4, 0.5) is 0 Å². The van der Waals surface area contributed by atoms with E-state index in [1.165, 1.54) is 12.1 Å². The van der Waals surface area contributed by atoms with Crippen LogP contribution in [0.3, 0.4) is 0 Å². The predicted octanol–water partition coefficient (Wildman–Crippen LogP) is 9.94. The molecule has 0 bridgehead atoms. The fraction of sp³-hybridized carbons (Fsp3) is 0.132. The van der Waals surface area contributed by atoms with Crippen molar-refractivity contribution in [3.05, 3.63) is 178 Å². The topological polar surface area (TPSA) is 120 Å². The molecule has 5 aromatic carbocycles. The zero-order valence-electron chi connectivity index (χ0n) is 27.1. The molecule has 0 aliphatic rings. The number of hydrogen-bond donors (Lipinski definition) is 0. The Hall–Kier alpha value is -4.79. The second kappa shape index (κ2) is 16.3. The summed E-state index contributed by atoms with van der Waals surface area (Å²) in [6.45, 7) is 1.18. The molecular weight excluding hydrogens is 678 g/mol. The normalized spacial score (nSPS) is 11.8. The molecule has 0 aliphatic heterocycles. The monoisotopic (exact) mass is 712 g/mol. The van der Waals surface area contributed by atoms with Crippen LogP contribution in [0.5, 0.6) is 11.5 Å². The minimum absolute atomic E-state index is 0.121. The SMILES string of the molecule is Cc1cc(=O)oc2c(OP(=O)(OCc3ccccc3)OCc3ccccc3)c(OP(=O)(OCc3ccccc3)OCc3ccccc3)ccc12. The number of benzene rings is 5. The molecule has 50 heavy (non-hydrogen) atoms. The molecule has 0 N–H and O–H groups in total. The number of aryl methyl sites for hydroxylation is 1. The molecule has 256 valence electrons. The number of rotatable bonds is 16. The van der Waals surface area contributed by atoms with Gasteiger partial charge in [-0.3, -0.25) is 18.1 Å². The molecule has 1 aromatic heterocycles. The maximum atomic E-state index is 14.5. The van der Waals surface area contributed by atoms with Gasteiger partial charge in [0, 0.05) is 11.5 Å². The average Bonchev–Trinajstić information content (AvgIpc) is 3.14. The highest BCUT2D eigenvalue weighted by Crippen LogP contribution is 2.58. The predicted molar refractivity (Wildman–Crippen MR) is 189 cm³/mol. The maximum Gasteiger partial charge on any atom is 0.530 e. The number of phosphoric ester groups is 2. The van der Waals surface area contributed by atoms with Gasteiger partial charge >= 0.3 is 21.3 Å². The Labute approximate surface area is 289 Å². The van der Waals surface area contributed by atoms with Crippen molar-refractivity contribution in [3.8, 4) is 11.5 Å². The molecule has 0 unspecified atom stereocenters. The second-order valence-corrected chi connectivity index (χ2v) is 14.3. The molecule has 6 rings (SSSR count). The third kappa shape index (κ3) is 9.46. The van der Waals surface area contributed by atoms with Crippen molar-refractivity contribution >= 4 is 26.6 Å². The summed E-state index contributed by atoms with van der Waals surface area (Å²) in [5.41, 5.74) is 2.53. The molecule has 0 fully saturated rings. The Morgan fingerprint density at radius 2 is 0.900 bits per heavy atom. The summed E-state index contributed by atoms with van der Waals surface area (Å²) in [7, 11) is -9.00. The Morgan fingerprint density at radius 1 is 0.520 bits per heavy atom. The van der Waals surface area contributed by atoms with Crippen molar-refractivity contribution in [2.24, 2.45) is 0 Å². The van der Waals surface area contributed by atoms with E-state index in [4.69, 9.17) is 31.6 Å². The lowest BCUT2D eigenvalue weighted by atomic mass is 10.1. The first-order chi connectivity index (χ1) is 24.3. The molecule has 10 nitrogen and oxygen atoms in total. The van der Waals surface area contributed by atoms with E-state index in [1.54, 1.807) is 61.5 Å². The maximum absolute atomic E-state index is 14.5. The molecule has 0 aliphatic carbocycles. The smallest absolute Gasteiger partial charge is 0.419 e. The van der Waals surface area contributed by atoms with Crippen LogP contribution in [0, 0.1) is 6.92 Å². The standard InChI is InChI=1S/C38H34O10P2/c1-29-24-36(39)46-37-34(29)22-23-35(47-49(40,42-25-30-14-6-2-7-15-30)43-26-31-16-8-3-9-17-31)38(37)48-50(41,44-27-32-18-10-4-11-19-32)45-28-33-20-12-5-13-21-33/h2-24H,25-28H2,1H3. The zero-order valence-corrected chi connectivity index (χ0v) is 28.9. The van der Waals surface area contributed by atoms with Gasteiger partial charge in [-0.1, -0.05) is 121 Å². The Balaban J connectivity index is 1.39. The summed E-state index contributed by atoms with van der Waals surface area (Å²) >= 11 is 0. The third-order valence-corrected chi connectivity index (χ3v) is 9.99. The van der Waals surface area contributed by atoms with Crippen molar-refractivity contribution in [2.75, 3.05) is 0 Å². The molecule has 12 heteroatoms. The largest absolute Gasteiger partial charge is 0.530 e. The van der Waals surface area contributed by atoms with Crippen LogP contribution in [-0.2, 0) is 53.7 Å². The van der Waals surface area contributed by atoms with Crippen molar-refractivity contribution in [2.45, 2.75) is 33.4 Å². The highest BCUT2D eigenvalue weighted by Gasteiger charge is 2.36. The van der Waals surface area contributed by atoms with E-state index >= 15 is 0 Å². The number of phosphoric acid groups is 2. The van der Waals surface area contributed by atoms with Gasteiger partial charge in [-0.05, 0) is 46.9 Å². The lowest BCUT2D eigenvalue weighted by molar-refractivity contribution is 0.134. The first-order valence-corrected chi connectivity index (χ1v) is 18.6. The van der Waals surface area contributed by atoms with Crippen molar-refractivity contribution < 1.29 is 40.7 Å². The van der Waals surface area contributed by atoms with Crippen molar-refractivity contribution in [3.63, 3.8) is 0 Å². The van der Waals surface area contributed by atoms with Gasteiger partial charge in [-0.25, -0.2) is 13.9 Å². The van der Waals surface area contributed by atoms with E-state index in [0.29, 0.717) is 33.2 Å². The summed E-state index contributed by atoms with van der Waals surface area (Å²) < 4.78 is 70.0. The highest BCUT2D eigenvalue weighted by molar-refractivity contribution is 7.49. The van der Waals surface area contributed by atoms with E-state index < -0.39 is 21.3 Å². The fourth-order valence-corrected chi connectivity index (χ4v) is 7.19. The molecular formula is C38H34O10P2. The summed E-state index contributed by atoms with van der Waals surface area (Å²) in [6, 6.07) is 40.6. The van der Waals surface area contributed by atoms with E-state index in [-0.39, 0.29) is 43.5 Å².